The lowest BCUT2D eigenvalue weighted by atomic mass is 9.69. The van der Waals surface area contributed by atoms with Gasteiger partial charge in [0.2, 0.25) is 0 Å². The second-order valence-corrected chi connectivity index (χ2v) is 4.78. The standard InChI is InChI=1S/C13H18FNO/c14-11-3-1-10(2-4-11)13(9-16)7-5-12(15)6-8-13/h1-4,12,16H,5-9,15H2. The molecule has 2 rings (SSSR count). The van der Waals surface area contributed by atoms with Crippen LogP contribution in [-0.4, -0.2) is 17.8 Å². The summed E-state index contributed by atoms with van der Waals surface area (Å²) in [5, 5.41) is 9.62. The average molecular weight is 223 g/mol. The third-order valence-electron chi connectivity index (χ3n) is 3.75. The SMILES string of the molecule is NC1CCC(CO)(c2ccc(F)cc2)CC1. The topological polar surface area (TPSA) is 46.2 Å². The van der Waals surface area contributed by atoms with Crippen LogP contribution in [0.1, 0.15) is 31.2 Å². The molecule has 0 spiro atoms. The van der Waals surface area contributed by atoms with Crippen LogP contribution >= 0.6 is 0 Å². The van der Waals surface area contributed by atoms with Crippen molar-refractivity contribution in [2.45, 2.75) is 37.1 Å². The highest BCUT2D eigenvalue weighted by atomic mass is 19.1. The Labute approximate surface area is 95.3 Å². The molecular weight excluding hydrogens is 205 g/mol. The Morgan fingerprint density at radius 2 is 1.81 bits per heavy atom. The molecule has 0 heterocycles. The molecule has 16 heavy (non-hydrogen) atoms. The van der Waals surface area contributed by atoms with Gasteiger partial charge in [0, 0.05) is 11.5 Å². The maximum atomic E-state index is 12.9. The van der Waals surface area contributed by atoms with E-state index in [1.807, 2.05) is 0 Å². The fourth-order valence-corrected chi connectivity index (χ4v) is 2.53. The first-order valence-electron chi connectivity index (χ1n) is 5.79. The summed E-state index contributed by atoms with van der Waals surface area (Å²) >= 11 is 0. The van der Waals surface area contributed by atoms with Gasteiger partial charge in [0.1, 0.15) is 5.82 Å². The lowest BCUT2D eigenvalue weighted by Gasteiger charge is -2.38. The molecule has 1 fully saturated rings. The van der Waals surface area contributed by atoms with Crippen molar-refractivity contribution in [2.75, 3.05) is 6.61 Å². The Hall–Kier alpha value is -0.930. The molecule has 0 aliphatic heterocycles. The summed E-state index contributed by atoms with van der Waals surface area (Å²) in [7, 11) is 0. The molecule has 1 saturated carbocycles. The minimum absolute atomic E-state index is 0.116. The van der Waals surface area contributed by atoms with Gasteiger partial charge in [0.15, 0.2) is 0 Å². The van der Waals surface area contributed by atoms with E-state index in [1.165, 1.54) is 12.1 Å². The minimum Gasteiger partial charge on any atom is -0.395 e. The number of benzene rings is 1. The smallest absolute Gasteiger partial charge is 0.123 e. The van der Waals surface area contributed by atoms with Gasteiger partial charge in [-0.25, -0.2) is 4.39 Å². The predicted octanol–water partition coefficient (Wildman–Crippen LogP) is 1.96. The van der Waals surface area contributed by atoms with Crippen LogP contribution in [0.5, 0.6) is 0 Å². The third-order valence-corrected chi connectivity index (χ3v) is 3.75. The number of nitrogens with two attached hydrogens (primary N) is 1. The van der Waals surface area contributed by atoms with E-state index < -0.39 is 0 Å². The van der Waals surface area contributed by atoms with Crippen LogP contribution in [0.3, 0.4) is 0 Å². The maximum absolute atomic E-state index is 12.9. The number of hydrogen-bond acceptors (Lipinski definition) is 2. The van der Waals surface area contributed by atoms with E-state index in [0.717, 1.165) is 31.2 Å². The number of halogens is 1. The van der Waals surface area contributed by atoms with Crippen LogP contribution in [0, 0.1) is 5.82 Å². The molecule has 0 bridgehead atoms. The Morgan fingerprint density at radius 1 is 1.25 bits per heavy atom. The highest BCUT2D eigenvalue weighted by Crippen LogP contribution is 2.38. The summed E-state index contributed by atoms with van der Waals surface area (Å²) < 4.78 is 12.9. The van der Waals surface area contributed by atoms with E-state index in [0.29, 0.717) is 0 Å². The summed E-state index contributed by atoms with van der Waals surface area (Å²) in [5.41, 5.74) is 6.70. The number of hydrogen-bond donors (Lipinski definition) is 2. The molecule has 0 saturated heterocycles. The van der Waals surface area contributed by atoms with Crippen molar-refractivity contribution in [3.63, 3.8) is 0 Å². The van der Waals surface area contributed by atoms with E-state index in [9.17, 15) is 9.50 Å². The van der Waals surface area contributed by atoms with Crippen LogP contribution in [0.4, 0.5) is 4.39 Å². The first-order chi connectivity index (χ1) is 7.66. The molecule has 0 unspecified atom stereocenters. The number of aliphatic hydroxyl groups is 1. The zero-order chi connectivity index (χ0) is 11.6. The van der Waals surface area contributed by atoms with E-state index in [2.05, 4.69) is 0 Å². The molecule has 1 aliphatic carbocycles. The molecule has 0 amide bonds. The van der Waals surface area contributed by atoms with Crippen molar-refractivity contribution < 1.29 is 9.50 Å². The first kappa shape index (κ1) is 11.6. The highest BCUT2D eigenvalue weighted by molar-refractivity contribution is 5.27. The molecule has 3 heteroatoms. The third kappa shape index (κ3) is 2.11. The monoisotopic (exact) mass is 223 g/mol. The van der Waals surface area contributed by atoms with Crippen molar-refractivity contribution in [1.82, 2.24) is 0 Å². The largest absolute Gasteiger partial charge is 0.395 e. The van der Waals surface area contributed by atoms with Crippen molar-refractivity contribution in [3.8, 4) is 0 Å². The molecule has 1 aromatic carbocycles. The second-order valence-electron chi connectivity index (χ2n) is 4.78. The van der Waals surface area contributed by atoms with E-state index in [4.69, 9.17) is 5.73 Å². The van der Waals surface area contributed by atoms with Crippen molar-refractivity contribution in [3.05, 3.63) is 35.6 Å². The Balaban J connectivity index is 2.24. The minimum atomic E-state index is -0.232. The van der Waals surface area contributed by atoms with Gasteiger partial charge in [-0.1, -0.05) is 12.1 Å². The second kappa shape index (κ2) is 4.52. The molecule has 0 aromatic heterocycles. The van der Waals surface area contributed by atoms with Gasteiger partial charge in [-0.15, -0.1) is 0 Å². The Kier molecular flexibility index (Phi) is 3.26. The van der Waals surface area contributed by atoms with Crippen LogP contribution in [-0.2, 0) is 5.41 Å². The number of rotatable bonds is 2. The van der Waals surface area contributed by atoms with Gasteiger partial charge in [0.05, 0.1) is 6.61 Å². The van der Waals surface area contributed by atoms with Crippen LogP contribution < -0.4 is 5.73 Å². The van der Waals surface area contributed by atoms with Crippen LogP contribution in [0.15, 0.2) is 24.3 Å². The quantitative estimate of drug-likeness (QED) is 0.805. The first-order valence-corrected chi connectivity index (χ1v) is 5.79. The van der Waals surface area contributed by atoms with E-state index >= 15 is 0 Å². The zero-order valence-electron chi connectivity index (χ0n) is 9.32. The summed E-state index contributed by atoms with van der Waals surface area (Å²) in [6.07, 6.45) is 3.63. The van der Waals surface area contributed by atoms with Crippen LogP contribution in [0.2, 0.25) is 0 Å². The van der Waals surface area contributed by atoms with Gasteiger partial charge in [-0.2, -0.15) is 0 Å². The average Bonchev–Trinajstić information content (AvgIpc) is 2.32. The molecule has 3 N–H and O–H groups in total. The van der Waals surface area contributed by atoms with Gasteiger partial charge in [0.25, 0.3) is 0 Å². The van der Waals surface area contributed by atoms with Gasteiger partial charge in [-0.3, -0.25) is 0 Å². The van der Waals surface area contributed by atoms with Crippen LogP contribution in [0.25, 0.3) is 0 Å². The van der Waals surface area contributed by atoms with Gasteiger partial charge < -0.3 is 10.8 Å². The Bertz CT molecular complexity index is 341. The number of aliphatic hydroxyl groups excluding tert-OH is 1. The molecule has 88 valence electrons. The summed E-state index contributed by atoms with van der Waals surface area (Å²) in [5.74, 6) is -0.232. The fraction of sp³-hybridized carbons (Fsp3) is 0.538. The molecule has 2 nitrogen and oxygen atoms in total. The predicted molar refractivity (Wildman–Crippen MR) is 61.6 cm³/mol. The molecule has 0 atom stereocenters. The zero-order valence-corrected chi connectivity index (χ0v) is 9.32. The van der Waals surface area contributed by atoms with Crippen molar-refractivity contribution >= 4 is 0 Å². The summed E-state index contributed by atoms with van der Waals surface area (Å²) in [6, 6.07) is 6.73. The van der Waals surface area contributed by atoms with E-state index in [-0.39, 0.29) is 23.9 Å². The Morgan fingerprint density at radius 3 is 2.31 bits per heavy atom. The van der Waals surface area contributed by atoms with Gasteiger partial charge in [-0.05, 0) is 43.4 Å². The van der Waals surface area contributed by atoms with Crippen molar-refractivity contribution in [1.29, 1.82) is 0 Å². The highest BCUT2D eigenvalue weighted by Gasteiger charge is 2.35. The molecule has 1 aromatic rings. The lowest BCUT2D eigenvalue weighted by molar-refractivity contribution is 0.145. The lowest BCUT2D eigenvalue weighted by Crippen LogP contribution is -2.39. The van der Waals surface area contributed by atoms with Crippen molar-refractivity contribution in [2.24, 2.45) is 5.73 Å². The maximum Gasteiger partial charge on any atom is 0.123 e. The fourth-order valence-electron chi connectivity index (χ4n) is 2.53. The summed E-state index contributed by atoms with van der Waals surface area (Å²) in [6.45, 7) is 0.116. The molecular formula is C13H18FNO. The van der Waals surface area contributed by atoms with Gasteiger partial charge >= 0.3 is 0 Å². The van der Waals surface area contributed by atoms with E-state index in [1.54, 1.807) is 12.1 Å². The molecule has 0 radical (unpaired) electrons. The molecule has 1 aliphatic rings. The normalized spacial score (nSPS) is 30.3. The summed E-state index contributed by atoms with van der Waals surface area (Å²) in [4.78, 5) is 0.